The highest BCUT2D eigenvalue weighted by atomic mass is 16.5. The molecule has 0 spiro atoms. The fourth-order valence-electron chi connectivity index (χ4n) is 1.96. The summed E-state index contributed by atoms with van der Waals surface area (Å²) in [7, 11) is 1.29. The Kier molecular flexibility index (Phi) is 5.09. The van der Waals surface area contributed by atoms with Gasteiger partial charge in [-0.3, -0.25) is 0 Å². The molecule has 112 valence electrons. The quantitative estimate of drug-likeness (QED) is 0.493. The molecule has 22 heavy (non-hydrogen) atoms. The van der Waals surface area contributed by atoms with Crippen molar-refractivity contribution in [2.45, 2.75) is 6.92 Å². The molecule has 0 aromatic heterocycles. The first-order valence-electron chi connectivity index (χ1n) is 6.74. The molecule has 0 bridgehead atoms. The Bertz CT molecular complexity index is 702. The van der Waals surface area contributed by atoms with Crippen molar-refractivity contribution in [2.75, 3.05) is 7.11 Å². The molecule has 2 aromatic rings. The molecule has 2 rings (SSSR count). The van der Waals surface area contributed by atoms with Crippen LogP contribution in [0.5, 0.6) is 0 Å². The highest BCUT2D eigenvalue weighted by molar-refractivity contribution is 6.16. The predicted octanol–water partition coefficient (Wildman–Crippen LogP) is 3.37. The van der Waals surface area contributed by atoms with Crippen molar-refractivity contribution < 1.29 is 19.1 Å². The van der Waals surface area contributed by atoms with E-state index < -0.39 is 11.9 Å². The molecule has 0 amide bonds. The van der Waals surface area contributed by atoms with Crippen LogP contribution in [0.2, 0.25) is 0 Å². The lowest BCUT2D eigenvalue weighted by Crippen LogP contribution is -2.08. The molecule has 0 saturated carbocycles. The van der Waals surface area contributed by atoms with E-state index in [1.807, 2.05) is 19.1 Å². The van der Waals surface area contributed by atoms with Crippen LogP contribution >= 0.6 is 0 Å². The topological polar surface area (TPSA) is 52.6 Å². The fraction of sp³-hybridized carbons (Fsp3) is 0.111. The van der Waals surface area contributed by atoms with Crippen LogP contribution in [0, 0.1) is 6.92 Å². The summed E-state index contributed by atoms with van der Waals surface area (Å²) < 4.78 is 9.88. The molecule has 0 saturated heterocycles. The lowest BCUT2D eigenvalue weighted by atomic mass is 10.0. The summed E-state index contributed by atoms with van der Waals surface area (Å²) in [6, 6.07) is 15.9. The Balaban J connectivity index is 2.29. The van der Waals surface area contributed by atoms with Crippen LogP contribution in [-0.2, 0) is 14.3 Å². The molecule has 0 radical (unpaired) electrons. The highest BCUT2D eigenvalue weighted by Crippen LogP contribution is 2.20. The third-order valence-electron chi connectivity index (χ3n) is 3.13. The summed E-state index contributed by atoms with van der Waals surface area (Å²) in [5.41, 5.74) is 2.16. The van der Waals surface area contributed by atoms with Gasteiger partial charge in [-0.05, 0) is 30.2 Å². The van der Waals surface area contributed by atoms with E-state index in [0.29, 0.717) is 11.1 Å². The number of hydrogen-bond acceptors (Lipinski definition) is 4. The highest BCUT2D eigenvalue weighted by Gasteiger charge is 2.16. The Morgan fingerprint density at radius 2 is 1.59 bits per heavy atom. The Morgan fingerprint density at radius 1 is 0.955 bits per heavy atom. The smallest absolute Gasteiger partial charge is 0.342 e. The van der Waals surface area contributed by atoms with E-state index >= 15 is 0 Å². The largest absolute Gasteiger partial charge is 0.465 e. The van der Waals surface area contributed by atoms with Gasteiger partial charge in [-0.25, -0.2) is 9.59 Å². The number of benzene rings is 2. The molecule has 0 heterocycles. The van der Waals surface area contributed by atoms with Gasteiger partial charge in [0, 0.05) is 0 Å². The molecule has 0 aliphatic heterocycles. The van der Waals surface area contributed by atoms with E-state index in [9.17, 15) is 9.59 Å². The fourth-order valence-corrected chi connectivity index (χ4v) is 1.96. The first-order chi connectivity index (χ1) is 10.6. The van der Waals surface area contributed by atoms with Crippen molar-refractivity contribution >= 4 is 17.5 Å². The van der Waals surface area contributed by atoms with Gasteiger partial charge in [0.15, 0.2) is 0 Å². The molecule has 0 aliphatic carbocycles. The molecule has 0 N–H and O–H groups in total. The standard InChI is InChI=1S/C18H16O4/c1-13-8-6-7-11-15(13)16(18(20)21-2)12-22-17(19)14-9-4-3-5-10-14/h3-12H,1-2H3/b16-12+. The normalized spacial score (nSPS) is 10.9. The van der Waals surface area contributed by atoms with Gasteiger partial charge in [-0.1, -0.05) is 42.5 Å². The maximum atomic E-state index is 12.0. The summed E-state index contributed by atoms with van der Waals surface area (Å²) in [6.45, 7) is 1.87. The van der Waals surface area contributed by atoms with Crippen LogP contribution in [0.1, 0.15) is 21.5 Å². The third kappa shape index (κ3) is 3.61. The Hall–Kier alpha value is -2.88. The van der Waals surface area contributed by atoms with E-state index in [1.165, 1.54) is 7.11 Å². The number of carbonyl (C=O) groups is 2. The number of rotatable bonds is 4. The van der Waals surface area contributed by atoms with Gasteiger partial charge in [0.2, 0.25) is 0 Å². The van der Waals surface area contributed by atoms with Crippen LogP contribution in [0.4, 0.5) is 0 Å². The number of ether oxygens (including phenoxy) is 2. The second-order valence-corrected chi connectivity index (χ2v) is 4.61. The Morgan fingerprint density at radius 3 is 2.23 bits per heavy atom. The summed E-state index contributed by atoms with van der Waals surface area (Å²) in [4.78, 5) is 23.9. The minimum absolute atomic E-state index is 0.199. The lowest BCUT2D eigenvalue weighted by Gasteiger charge is -2.09. The lowest BCUT2D eigenvalue weighted by molar-refractivity contribution is -0.133. The maximum Gasteiger partial charge on any atom is 0.342 e. The van der Waals surface area contributed by atoms with Gasteiger partial charge in [-0.2, -0.15) is 0 Å². The maximum absolute atomic E-state index is 12.0. The Labute approximate surface area is 129 Å². The monoisotopic (exact) mass is 296 g/mol. The summed E-state index contributed by atoms with van der Waals surface area (Å²) in [5, 5.41) is 0. The minimum atomic E-state index is -0.560. The van der Waals surface area contributed by atoms with E-state index in [1.54, 1.807) is 42.5 Å². The van der Waals surface area contributed by atoms with Gasteiger partial charge in [0.25, 0.3) is 0 Å². The average Bonchev–Trinajstić information content (AvgIpc) is 2.56. The number of methoxy groups -OCH3 is 1. The molecule has 0 fully saturated rings. The first-order valence-corrected chi connectivity index (χ1v) is 6.74. The minimum Gasteiger partial charge on any atom is -0.465 e. The third-order valence-corrected chi connectivity index (χ3v) is 3.13. The van der Waals surface area contributed by atoms with Gasteiger partial charge < -0.3 is 9.47 Å². The zero-order chi connectivity index (χ0) is 15.9. The molecule has 0 unspecified atom stereocenters. The van der Waals surface area contributed by atoms with Crippen molar-refractivity contribution in [2.24, 2.45) is 0 Å². The molecular formula is C18H16O4. The SMILES string of the molecule is COC(=O)/C(=C/OC(=O)c1ccccc1)c1ccccc1C. The number of carbonyl (C=O) groups excluding carboxylic acids is 2. The van der Waals surface area contributed by atoms with Crippen LogP contribution in [0.3, 0.4) is 0 Å². The number of aryl methyl sites for hydroxylation is 1. The summed E-state index contributed by atoms with van der Waals surface area (Å²) >= 11 is 0. The van der Waals surface area contributed by atoms with E-state index in [-0.39, 0.29) is 5.57 Å². The van der Waals surface area contributed by atoms with E-state index in [0.717, 1.165) is 11.8 Å². The first kappa shape index (κ1) is 15.5. The van der Waals surface area contributed by atoms with Crippen molar-refractivity contribution in [3.05, 3.63) is 77.5 Å². The van der Waals surface area contributed by atoms with Gasteiger partial charge >= 0.3 is 11.9 Å². The summed E-state index contributed by atoms with van der Waals surface area (Å²) in [6.07, 6.45) is 1.14. The van der Waals surface area contributed by atoms with Crippen molar-refractivity contribution in [3.63, 3.8) is 0 Å². The number of hydrogen-bond donors (Lipinski definition) is 0. The second-order valence-electron chi connectivity index (χ2n) is 4.61. The van der Waals surface area contributed by atoms with Gasteiger partial charge in [0.1, 0.15) is 11.8 Å². The number of esters is 2. The zero-order valence-corrected chi connectivity index (χ0v) is 12.4. The van der Waals surface area contributed by atoms with Gasteiger partial charge in [-0.15, -0.1) is 0 Å². The molecular weight excluding hydrogens is 280 g/mol. The van der Waals surface area contributed by atoms with Crippen LogP contribution in [-0.4, -0.2) is 19.0 Å². The molecule has 0 atom stereocenters. The van der Waals surface area contributed by atoms with Gasteiger partial charge in [0.05, 0.1) is 12.7 Å². The average molecular weight is 296 g/mol. The molecule has 4 nitrogen and oxygen atoms in total. The molecule has 0 aliphatic rings. The van der Waals surface area contributed by atoms with Crippen molar-refractivity contribution in [1.29, 1.82) is 0 Å². The zero-order valence-electron chi connectivity index (χ0n) is 12.4. The molecule has 4 heteroatoms. The van der Waals surface area contributed by atoms with Crippen LogP contribution in [0.25, 0.3) is 5.57 Å². The van der Waals surface area contributed by atoms with E-state index in [2.05, 4.69) is 0 Å². The van der Waals surface area contributed by atoms with Crippen molar-refractivity contribution in [1.82, 2.24) is 0 Å². The van der Waals surface area contributed by atoms with Crippen LogP contribution < -0.4 is 0 Å². The second kappa shape index (κ2) is 7.22. The van der Waals surface area contributed by atoms with Crippen LogP contribution in [0.15, 0.2) is 60.9 Å². The summed E-state index contributed by atoms with van der Waals surface area (Å²) in [5.74, 6) is -1.09. The predicted molar refractivity (Wildman–Crippen MR) is 83.0 cm³/mol. The van der Waals surface area contributed by atoms with E-state index in [4.69, 9.17) is 9.47 Å². The van der Waals surface area contributed by atoms with Crippen molar-refractivity contribution in [3.8, 4) is 0 Å². The molecule has 2 aromatic carbocycles.